The SMILES string of the molecule is COC(=O)Nc1ccc(Cl)cc1C(=O)N1CCCC[C@H]1c1cc2nc(N3CC[C@H](C)C3)c(C)cn2n1. The van der Waals surface area contributed by atoms with Crippen LogP contribution in [0.3, 0.4) is 0 Å². The van der Waals surface area contributed by atoms with E-state index >= 15 is 0 Å². The van der Waals surface area contributed by atoms with E-state index < -0.39 is 6.09 Å². The Morgan fingerprint density at radius 3 is 2.75 bits per heavy atom. The van der Waals surface area contributed by atoms with Gasteiger partial charge in [-0.25, -0.2) is 14.3 Å². The molecule has 9 nitrogen and oxygen atoms in total. The number of rotatable bonds is 4. The smallest absolute Gasteiger partial charge is 0.411 e. The number of methoxy groups -OCH3 is 1. The van der Waals surface area contributed by atoms with Crippen LogP contribution in [-0.4, -0.2) is 58.2 Å². The molecule has 4 heterocycles. The number of aromatic nitrogens is 3. The number of amides is 2. The summed E-state index contributed by atoms with van der Waals surface area (Å²) in [6, 6.07) is 6.62. The summed E-state index contributed by atoms with van der Waals surface area (Å²) >= 11 is 6.23. The van der Waals surface area contributed by atoms with Crippen LogP contribution >= 0.6 is 11.6 Å². The quantitative estimate of drug-likeness (QED) is 0.526. The number of halogens is 1. The van der Waals surface area contributed by atoms with Gasteiger partial charge in [0, 0.05) is 42.5 Å². The van der Waals surface area contributed by atoms with Crippen molar-refractivity contribution in [1.29, 1.82) is 0 Å². The van der Waals surface area contributed by atoms with Crippen LogP contribution in [-0.2, 0) is 4.74 Å². The molecule has 190 valence electrons. The zero-order valence-corrected chi connectivity index (χ0v) is 21.6. The van der Waals surface area contributed by atoms with Gasteiger partial charge in [-0.15, -0.1) is 0 Å². The monoisotopic (exact) mass is 510 g/mol. The van der Waals surface area contributed by atoms with Crippen molar-refractivity contribution in [2.45, 2.75) is 45.6 Å². The molecule has 36 heavy (non-hydrogen) atoms. The minimum Gasteiger partial charge on any atom is -0.453 e. The van der Waals surface area contributed by atoms with Crippen LogP contribution in [0.1, 0.15) is 60.3 Å². The minimum atomic E-state index is -0.647. The van der Waals surface area contributed by atoms with Gasteiger partial charge in [0.1, 0.15) is 5.82 Å². The first-order chi connectivity index (χ1) is 17.3. The normalized spacial score (nSPS) is 20.1. The molecule has 3 aromatic rings. The lowest BCUT2D eigenvalue weighted by Gasteiger charge is -2.35. The number of hydrogen-bond acceptors (Lipinski definition) is 6. The molecule has 0 aliphatic carbocycles. The first kappa shape index (κ1) is 24.4. The second-order valence-electron chi connectivity index (χ2n) is 9.78. The van der Waals surface area contributed by atoms with Gasteiger partial charge in [-0.3, -0.25) is 10.1 Å². The summed E-state index contributed by atoms with van der Waals surface area (Å²) in [5.74, 6) is 1.46. The number of likely N-dealkylation sites (tertiary alicyclic amines) is 1. The standard InChI is InChI=1S/C26H31ClN6O3/c1-16-9-11-31(14-16)24-17(2)15-33-23(29-24)13-21(30-33)22-6-4-5-10-32(22)25(34)19-12-18(27)7-8-20(19)28-26(35)36-3/h7-8,12-13,15-16,22H,4-6,9-11,14H2,1-3H3,(H,28,35)/t16-,22-/m0/s1. The Balaban J connectivity index is 1.47. The molecule has 1 aromatic carbocycles. The number of piperidine rings is 1. The second-order valence-corrected chi connectivity index (χ2v) is 10.2. The highest BCUT2D eigenvalue weighted by Gasteiger charge is 2.32. The highest BCUT2D eigenvalue weighted by atomic mass is 35.5. The fraction of sp³-hybridized carbons (Fsp3) is 0.462. The van der Waals surface area contributed by atoms with Crippen molar-refractivity contribution < 1.29 is 14.3 Å². The molecule has 2 aliphatic heterocycles. The summed E-state index contributed by atoms with van der Waals surface area (Å²) < 4.78 is 6.53. The Kier molecular flexibility index (Phi) is 6.75. The van der Waals surface area contributed by atoms with E-state index in [1.807, 2.05) is 21.7 Å². The number of carbonyl (C=O) groups excluding carboxylic acids is 2. The molecule has 2 aliphatic rings. The predicted molar refractivity (Wildman–Crippen MR) is 139 cm³/mol. The Hall–Kier alpha value is -3.33. The van der Waals surface area contributed by atoms with Crippen molar-refractivity contribution in [3.05, 3.63) is 52.3 Å². The van der Waals surface area contributed by atoms with Crippen molar-refractivity contribution in [2.75, 3.05) is 37.0 Å². The van der Waals surface area contributed by atoms with Crippen LogP contribution in [0.2, 0.25) is 5.02 Å². The van der Waals surface area contributed by atoms with Crippen molar-refractivity contribution >= 4 is 40.8 Å². The van der Waals surface area contributed by atoms with Gasteiger partial charge in [-0.2, -0.15) is 5.10 Å². The van der Waals surface area contributed by atoms with E-state index in [1.165, 1.54) is 13.5 Å². The lowest BCUT2D eigenvalue weighted by Crippen LogP contribution is -2.39. The van der Waals surface area contributed by atoms with Gasteiger partial charge in [0.05, 0.1) is 30.1 Å². The number of anilines is 2. The van der Waals surface area contributed by atoms with Crippen molar-refractivity contribution in [3.63, 3.8) is 0 Å². The molecule has 2 amide bonds. The van der Waals surface area contributed by atoms with Gasteiger partial charge in [0.25, 0.3) is 5.91 Å². The van der Waals surface area contributed by atoms with Gasteiger partial charge in [0.2, 0.25) is 0 Å². The van der Waals surface area contributed by atoms with Crippen LogP contribution in [0, 0.1) is 12.8 Å². The molecule has 10 heteroatoms. The zero-order chi connectivity index (χ0) is 25.4. The number of ether oxygens (including phenoxy) is 1. The summed E-state index contributed by atoms with van der Waals surface area (Å²) in [6.45, 7) is 6.95. The highest BCUT2D eigenvalue weighted by molar-refractivity contribution is 6.31. The van der Waals surface area contributed by atoms with Crippen molar-refractivity contribution in [3.8, 4) is 0 Å². The molecule has 0 saturated carbocycles. The maximum atomic E-state index is 13.8. The first-order valence-corrected chi connectivity index (χ1v) is 12.8. The molecule has 5 rings (SSSR count). The predicted octanol–water partition coefficient (Wildman–Crippen LogP) is 5.08. The fourth-order valence-corrected chi connectivity index (χ4v) is 5.40. The van der Waals surface area contributed by atoms with E-state index in [1.54, 1.807) is 18.2 Å². The molecule has 2 atom stereocenters. The summed E-state index contributed by atoms with van der Waals surface area (Å²) in [5, 5.41) is 7.87. The Bertz CT molecular complexity index is 1310. The average Bonchev–Trinajstić information content (AvgIpc) is 3.49. The second kappa shape index (κ2) is 9.97. The van der Waals surface area contributed by atoms with Gasteiger partial charge in [-0.1, -0.05) is 18.5 Å². The number of hydrogen-bond donors (Lipinski definition) is 1. The number of benzene rings is 1. The molecule has 2 saturated heterocycles. The lowest BCUT2D eigenvalue weighted by atomic mass is 9.98. The van der Waals surface area contributed by atoms with E-state index in [-0.39, 0.29) is 11.9 Å². The maximum absolute atomic E-state index is 13.8. The van der Waals surface area contributed by atoms with Gasteiger partial charge < -0.3 is 14.5 Å². The Morgan fingerprint density at radius 2 is 2.00 bits per heavy atom. The first-order valence-electron chi connectivity index (χ1n) is 12.4. The molecule has 0 unspecified atom stereocenters. The van der Waals surface area contributed by atoms with E-state index in [9.17, 15) is 9.59 Å². The number of nitrogens with zero attached hydrogens (tertiary/aromatic N) is 5. The summed E-state index contributed by atoms with van der Waals surface area (Å²) in [7, 11) is 1.28. The molecular weight excluding hydrogens is 480 g/mol. The highest BCUT2D eigenvalue weighted by Crippen LogP contribution is 2.34. The van der Waals surface area contributed by atoms with E-state index in [4.69, 9.17) is 26.4 Å². The van der Waals surface area contributed by atoms with Gasteiger partial charge in [-0.05, 0) is 56.7 Å². The van der Waals surface area contributed by atoms with E-state index in [0.717, 1.165) is 55.1 Å². The number of fused-ring (bicyclic) bond motifs is 1. The number of aryl methyl sites for hydroxylation is 1. The van der Waals surface area contributed by atoms with Crippen LogP contribution < -0.4 is 10.2 Å². The molecule has 2 fully saturated rings. The van der Waals surface area contributed by atoms with Crippen LogP contribution in [0.5, 0.6) is 0 Å². The third-order valence-corrected chi connectivity index (χ3v) is 7.32. The largest absolute Gasteiger partial charge is 0.453 e. The Morgan fingerprint density at radius 1 is 1.17 bits per heavy atom. The topological polar surface area (TPSA) is 92.1 Å². The van der Waals surface area contributed by atoms with E-state index in [0.29, 0.717) is 28.7 Å². The fourth-order valence-electron chi connectivity index (χ4n) is 5.23. The van der Waals surface area contributed by atoms with Crippen molar-refractivity contribution in [2.24, 2.45) is 5.92 Å². The van der Waals surface area contributed by atoms with Gasteiger partial charge >= 0.3 is 6.09 Å². The lowest BCUT2D eigenvalue weighted by molar-refractivity contribution is 0.0607. The van der Waals surface area contributed by atoms with Crippen LogP contribution in [0.4, 0.5) is 16.3 Å². The molecular formula is C26H31ClN6O3. The zero-order valence-electron chi connectivity index (χ0n) is 20.8. The number of nitrogens with one attached hydrogen (secondary N) is 1. The number of carbonyl (C=O) groups is 2. The summed E-state index contributed by atoms with van der Waals surface area (Å²) in [6.07, 6.45) is 5.23. The molecule has 1 N–H and O–H groups in total. The minimum absolute atomic E-state index is 0.200. The van der Waals surface area contributed by atoms with Crippen molar-refractivity contribution in [1.82, 2.24) is 19.5 Å². The summed E-state index contributed by atoms with van der Waals surface area (Å²) in [4.78, 5) is 34.7. The average molecular weight is 511 g/mol. The third-order valence-electron chi connectivity index (χ3n) is 7.09. The molecule has 0 radical (unpaired) electrons. The van der Waals surface area contributed by atoms with Gasteiger partial charge in [0.15, 0.2) is 5.65 Å². The Labute approximate surface area is 215 Å². The molecule has 0 spiro atoms. The van der Waals surface area contributed by atoms with Crippen LogP contribution in [0.15, 0.2) is 30.5 Å². The third kappa shape index (κ3) is 4.72. The molecule has 0 bridgehead atoms. The molecule has 2 aromatic heterocycles. The van der Waals surface area contributed by atoms with Crippen LogP contribution in [0.25, 0.3) is 5.65 Å². The van der Waals surface area contributed by atoms with E-state index in [2.05, 4.69) is 24.1 Å². The summed E-state index contributed by atoms with van der Waals surface area (Å²) in [5.41, 5.74) is 3.35. The maximum Gasteiger partial charge on any atom is 0.411 e.